The van der Waals surface area contributed by atoms with Gasteiger partial charge in [0, 0.05) is 30.2 Å². The average Bonchev–Trinajstić information content (AvgIpc) is 2.71. The molecule has 3 aromatic rings. The molecule has 2 heterocycles. The van der Waals surface area contributed by atoms with E-state index in [1.807, 2.05) is 36.4 Å². The summed E-state index contributed by atoms with van der Waals surface area (Å²) in [4.78, 5) is 6.72. The molecule has 0 bridgehead atoms. The number of hydrogen-bond acceptors (Lipinski definition) is 5. The fourth-order valence-electron chi connectivity index (χ4n) is 3.57. The number of fused-ring (bicyclic) bond motifs is 1. The first kappa shape index (κ1) is 16.8. The summed E-state index contributed by atoms with van der Waals surface area (Å²) in [5.41, 5.74) is 2.61. The predicted molar refractivity (Wildman–Crippen MR) is 101 cm³/mol. The van der Waals surface area contributed by atoms with E-state index in [2.05, 4.69) is 22.0 Å². The monoisotopic (exact) mass is 350 g/mol. The molecule has 0 radical (unpaired) electrons. The van der Waals surface area contributed by atoms with Crippen molar-refractivity contribution in [1.29, 1.82) is 0 Å². The van der Waals surface area contributed by atoms with E-state index in [0.717, 1.165) is 35.4 Å². The van der Waals surface area contributed by atoms with Crippen LogP contribution in [0.2, 0.25) is 0 Å². The second-order valence-electron chi connectivity index (χ2n) is 6.40. The minimum absolute atomic E-state index is 0.0591. The molecule has 1 unspecified atom stereocenters. The topological polar surface area (TPSA) is 54.8 Å². The Hall–Kier alpha value is -2.63. The lowest BCUT2D eigenvalue weighted by molar-refractivity contribution is 0.0236. The van der Waals surface area contributed by atoms with Crippen molar-refractivity contribution in [3.8, 4) is 11.5 Å². The number of pyridine rings is 1. The van der Waals surface area contributed by atoms with Crippen molar-refractivity contribution in [2.45, 2.75) is 6.04 Å². The molecule has 0 aliphatic carbocycles. The van der Waals surface area contributed by atoms with Crippen LogP contribution in [0.15, 0.2) is 54.7 Å². The molecule has 0 saturated carbocycles. The van der Waals surface area contributed by atoms with Gasteiger partial charge in [0.1, 0.15) is 17.0 Å². The van der Waals surface area contributed by atoms with E-state index in [1.54, 1.807) is 13.3 Å². The van der Waals surface area contributed by atoms with E-state index in [0.29, 0.717) is 18.7 Å². The largest absolute Gasteiger partial charge is 0.505 e. The van der Waals surface area contributed by atoms with Crippen molar-refractivity contribution in [3.63, 3.8) is 0 Å². The quantitative estimate of drug-likeness (QED) is 0.782. The molecule has 0 amide bonds. The van der Waals surface area contributed by atoms with Crippen molar-refractivity contribution >= 4 is 10.9 Å². The zero-order chi connectivity index (χ0) is 17.9. The summed E-state index contributed by atoms with van der Waals surface area (Å²) >= 11 is 0. The molecule has 26 heavy (non-hydrogen) atoms. The smallest absolute Gasteiger partial charge is 0.146 e. The number of rotatable bonds is 4. The maximum Gasteiger partial charge on any atom is 0.146 e. The second-order valence-corrected chi connectivity index (χ2v) is 6.40. The van der Waals surface area contributed by atoms with E-state index < -0.39 is 0 Å². The number of nitrogens with zero attached hydrogens (tertiary/aromatic N) is 2. The number of benzene rings is 2. The Kier molecular flexibility index (Phi) is 4.73. The van der Waals surface area contributed by atoms with Gasteiger partial charge in [-0.1, -0.05) is 30.3 Å². The van der Waals surface area contributed by atoms with Gasteiger partial charge in [-0.05, 0) is 23.8 Å². The minimum Gasteiger partial charge on any atom is -0.505 e. The molecule has 5 heteroatoms. The van der Waals surface area contributed by atoms with E-state index in [1.165, 1.54) is 0 Å². The van der Waals surface area contributed by atoms with Crippen LogP contribution in [0.5, 0.6) is 11.5 Å². The Labute approximate surface area is 152 Å². The molecule has 1 aromatic heterocycles. The van der Waals surface area contributed by atoms with Gasteiger partial charge in [0.05, 0.1) is 26.4 Å². The highest BCUT2D eigenvalue weighted by Gasteiger charge is 2.27. The van der Waals surface area contributed by atoms with Gasteiger partial charge in [-0.2, -0.15) is 0 Å². The molecule has 1 fully saturated rings. The molecule has 2 aromatic carbocycles. The SMILES string of the molecule is COc1ccc(C(c2ccc3cccnc3c2O)N2CCOCC2)cc1. The van der Waals surface area contributed by atoms with Crippen LogP contribution in [0.1, 0.15) is 17.2 Å². The highest BCUT2D eigenvalue weighted by atomic mass is 16.5. The van der Waals surface area contributed by atoms with Crippen LogP contribution in [0, 0.1) is 0 Å². The Morgan fingerprint density at radius 1 is 1.08 bits per heavy atom. The highest BCUT2D eigenvalue weighted by molar-refractivity contribution is 5.85. The molecule has 1 aliphatic rings. The molecular weight excluding hydrogens is 328 g/mol. The van der Waals surface area contributed by atoms with Crippen LogP contribution in [-0.2, 0) is 4.74 Å². The summed E-state index contributed by atoms with van der Waals surface area (Å²) < 4.78 is 10.8. The van der Waals surface area contributed by atoms with Gasteiger partial charge in [0.2, 0.25) is 0 Å². The maximum atomic E-state index is 11.0. The van der Waals surface area contributed by atoms with Gasteiger partial charge in [-0.25, -0.2) is 0 Å². The summed E-state index contributed by atoms with van der Waals surface area (Å²) in [6.45, 7) is 3.02. The average molecular weight is 350 g/mol. The first-order chi connectivity index (χ1) is 12.8. The molecule has 1 saturated heterocycles. The zero-order valence-corrected chi connectivity index (χ0v) is 14.8. The Morgan fingerprint density at radius 2 is 1.85 bits per heavy atom. The predicted octanol–water partition coefficient (Wildman–Crippen LogP) is 3.37. The lowest BCUT2D eigenvalue weighted by Gasteiger charge is -2.35. The highest BCUT2D eigenvalue weighted by Crippen LogP contribution is 2.38. The summed E-state index contributed by atoms with van der Waals surface area (Å²) in [6, 6.07) is 15.8. The lowest BCUT2D eigenvalue weighted by atomic mass is 9.94. The van der Waals surface area contributed by atoms with E-state index in [-0.39, 0.29) is 11.8 Å². The maximum absolute atomic E-state index is 11.0. The molecule has 134 valence electrons. The molecule has 1 N–H and O–H groups in total. The third-order valence-electron chi connectivity index (χ3n) is 4.92. The van der Waals surface area contributed by atoms with Gasteiger partial charge in [0.25, 0.3) is 0 Å². The fraction of sp³-hybridized carbons (Fsp3) is 0.286. The normalized spacial score (nSPS) is 16.5. The number of morpholine rings is 1. The molecule has 4 rings (SSSR count). The van der Waals surface area contributed by atoms with Gasteiger partial charge >= 0.3 is 0 Å². The van der Waals surface area contributed by atoms with Crippen LogP contribution in [-0.4, -0.2) is 48.4 Å². The Morgan fingerprint density at radius 3 is 2.58 bits per heavy atom. The van der Waals surface area contributed by atoms with E-state index >= 15 is 0 Å². The Bertz CT molecular complexity index is 889. The lowest BCUT2D eigenvalue weighted by Crippen LogP contribution is -2.39. The molecule has 1 atom stereocenters. The minimum atomic E-state index is -0.0591. The third-order valence-corrected chi connectivity index (χ3v) is 4.92. The van der Waals surface area contributed by atoms with Crippen molar-refractivity contribution in [2.24, 2.45) is 0 Å². The van der Waals surface area contributed by atoms with E-state index in [9.17, 15) is 5.11 Å². The second kappa shape index (κ2) is 7.32. The van der Waals surface area contributed by atoms with Crippen LogP contribution >= 0.6 is 0 Å². The number of phenols is 1. The first-order valence-corrected chi connectivity index (χ1v) is 8.80. The van der Waals surface area contributed by atoms with E-state index in [4.69, 9.17) is 9.47 Å². The third kappa shape index (κ3) is 3.11. The Balaban J connectivity index is 1.82. The standard InChI is InChI=1S/C21H22N2O3/c1-25-17-7-4-16(5-8-17)20(23-11-13-26-14-12-23)18-9-6-15-3-2-10-22-19(15)21(18)24/h2-10,20,24H,11-14H2,1H3. The van der Waals surface area contributed by atoms with Crippen molar-refractivity contribution in [1.82, 2.24) is 9.88 Å². The summed E-state index contributed by atoms with van der Waals surface area (Å²) in [5.74, 6) is 1.06. The van der Waals surface area contributed by atoms with Gasteiger partial charge < -0.3 is 14.6 Å². The zero-order valence-electron chi connectivity index (χ0n) is 14.8. The van der Waals surface area contributed by atoms with Crippen molar-refractivity contribution in [3.05, 3.63) is 65.9 Å². The van der Waals surface area contributed by atoms with Crippen molar-refractivity contribution in [2.75, 3.05) is 33.4 Å². The fourth-order valence-corrected chi connectivity index (χ4v) is 3.57. The number of aromatic nitrogens is 1. The number of phenolic OH excluding ortho intramolecular Hbond substituents is 1. The summed E-state index contributed by atoms with van der Waals surface area (Å²) in [5, 5.41) is 11.9. The van der Waals surface area contributed by atoms with Crippen LogP contribution in [0.25, 0.3) is 10.9 Å². The summed E-state index contributed by atoms with van der Waals surface area (Å²) in [6.07, 6.45) is 1.71. The van der Waals surface area contributed by atoms with Gasteiger partial charge in [0.15, 0.2) is 0 Å². The number of aromatic hydroxyl groups is 1. The van der Waals surface area contributed by atoms with Gasteiger partial charge in [-0.15, -0.1) is 0 Å². The van der Waals surface area contributed by atoms with Crippen LogP contribution in [0.3, 0.4) is 0 Å². The first-order valence-electron chi connectivity index (χ1n) is 8.80. The number of ether oxygens (including phenoxy) is 2. The molecule has 5 nitrogen and oxygen atoms in total. The van der Waals surface area contributed by atoms with Crippen molar-refractivity contribution < 1.29 is 14.6 Å². The molecular formula is C21H22N2O3. The number of methoxy groups -OCH3 is 1. The van der Waals surface area contributed by atoms with Gasteiger partial charge in [-0.3, -0.25) is 9.88 Å². The number of hydrogen-bond donors (Lipinski definition) is 1. The van der Waals surface area contributed by atoms with Crippen LogP contribution in [0.4, 0.5) is 0 Å². The molecule has 1 aliphatic heterocycles. The van der Waals surface area contributed by atoms with Crippen LogP contribution < -0.4 is 4.74 Å². The summed E-state index contributed by atoms with van der Waals surface area (Å²) in [7, 11) is 1.66. The molecule has 0 spiro atoms.